The Morgan fingerprint density at radius 1 is 1.09 bits per heavy atom. The van der Waals surface area contributed by atoms with Gasteiger partial charge < -0.3 is 15.0 Å². The van der Waals surface area contributed by atoms with Crippen LogP contribution in [0.15, 0.2) is 48.5 Å². The molecule has 1 saturated carbocycles. The second-order valence-corrected chi connectivity index (χ2v) is 8.89. The molecule has 3 rings (SSSR count). The number of halogens is 1. The number of ether oxygens (including phenoxy) is 1. The maximum absolute atomic E-state index is 13.3. The molecule has 2 amide bonds. The molecule has 0 saturated heterocycles. The molecule has 0 bridgehead atoms. The van der Waals surface area contributed by atoms with Gasteiger partial charge in [0.25, 0.3) is 5.91 Å². The molecule has 0 heterocycles. The Balaban J connectivity index is 1.75. The number of hydrogen-bond acceptors (Lipinski definition) is 3. The van der Waals surface area contributed by atoms with Gasteiger partial charge in [-0.15, -0.1) is 0 Å². The smallest absolute Gasteiger partial charge is 0.261 e. The molecule has 1 unspecified atom stereocenters. The Bertz CT molecular complexity index is 894. The van der Waals surface area contributed by atoms with E-state index in [-0.39, 0.29) is 24.5 Å². The van der Waals surface area contributed by atoms with E-state index in [2.05, 4.69) is 5.32 Å². The fourth-order valence-electron chi connectivity index (χ4n) is 4.19. The van der Waals surface area contributed by atoms with Crippen LogP contribution in [0.3, 0.4) is 0 Å². The van der Waals surface area contributed by atoms with E-state index in [1.807, 2.05) is 38.1 Å². The lowest BCUT2D eigenvalue weighted by molar-refractivity contribution is -0.143. The van der Waals surface area contributed by atoms with E-state index in [0.717, 1.165) is 36.8 Å². The highest BCUT2D eigenvalue weighted by Gasteiger charge is 2.30. The number of benzene rings is 2. The second-order valence-electron chi connectivity index (χ2n) is 8.46. The summed E-state index contributed by atoms with van der Waals surface area (Å²) in [5.41, 5.74) is 2.11. The zero-order valence-electron chi connectivity index (χ0n) is 19.0. The van der Waals surface area contributed by atoms with Crippen LogP contribution in [-0.2, 0) is 16.1 Å². The van der Waals surface area contributed by atoms with Gasteiger partial charge in [-0.05, 0) is 61.6 Å². The van der Waals surface area contributed by atoms with Crippen LogP contribution >= 0.6 is 11.6 Å². The van der Waals surface area contributed by atoms with Gasteiger partial charge in [0.15, 0.2) is 6.61 Å². The molecule has 2 aromatic rings. The van der Waals surface area contributed by atoms with Crippen molar-refractivity contribution in [2.24, 2.45) is 0 Å². The SMILES string of the molecule is CCC(C(=O)NC1CCCCC1)N(Cc1ccccc1C)C(=O)COc1ccc(Cl)cc1. The Morgan fingerprint density at radius 2 is 1.78 bits per heavy atom. The zero-order valence-corrected chi connectivity index (χ0v) is 19.7. The standard InChI is InChI=1S/C26H33ClN2O3/c1-3-24(26(31)28-22-11-5-4-6-12-22)29(17-20-10-8-7-9-19(20)2)25(30)18-32-23-15-13-21(27)14-16-23/h7-10,13-16,22,24H,3-6,11-12,17-18H2,1-2H3,(H,28,31). The number of carbonyl (C=O) groups is 2. The van der Waals surface area contributed by atoms with Gasteiger partial charge >= 0.3 is 0 Å². The summed E-state index contributed by atoms with van der Waals surface area (Å²) < 4.78 is 5.71. The summed E-state index contributed by atoms with van der Waals surface area (Å²) in [5.74, 6) is 0.278. The van der Waals surface area contributed by atoms with Crippen molar-refractivity contribution in [3.63, 3.8) is 0 Å². The first kappa shape index (κ1) is 24.1. The van der Waals surface area contributed by atoms with Crippen molar-refractivity contribution in [2.45, 2.75) is 71.0 Å². The largest absolute Gasteiger partial charge is 0.484 e. The van der Waals surface area contributed by atoms with Crippen LogP contribution in [0.5, 0.6) is 5.75 Å². The average molecular weight is 457 g/mol. The fraction of sp³-hybridized carbons (Fsp3) is 0.462. The van der Waals surface area contributed by atoms with Crippen molar-refractivity contribution < 1.29 is 14.3 Å². The molecule has 0 spiro atoms. The molecule has 5 nitrogen and oxygen atoms in total. The topological polar surface area (TPSA) is 58.6 Å². The monoisotopic (exact) mass is 456 g/mol. The average Bonchev–Trinajstić information content (AvgIpc) is 2.80. The summed E-state index contributed by atoms with van der Waals surface area (Å²) in [7, 11) is 0. The van der Waals surface area contributed by atoms with Gasteiger partial charge in [-0.2, -0.15) is 0 Å². The van der Waals surface area contributed by atoms with Crippen LogP contribution in [0, 0.1) is 6.92 Å². The van der Waals surface area contributed by atoms with Crippen LogP contribution < -0.4 is 10.1 Å². The summed E-state index contributed by atoms with van der Waals surface area (Å²) >= 11 is 5.93. The lowest BCUT2D eigenvalue weighted by Gasteiger charge is -2.33. The van der Waals surface area contributed by atoms with Gasteiger partial charge in [-0.25, -0.2) is 0 Å². The maximum atomic E-state index is 13.3. The lowest BCUT2D eigenvalue weighted by atomic mass is 9.95. The molecule has 32 heavy (non-hydrogen) atoms. The maximum Gasteiger partial charge on any atom is 0.261 e. The molecule has 1 fully saturated rings. The van der Waals surface area contributed by atoms with E-state index >= 15 is 0 Å². The van der Waals surface area contributed by atoms with Crippen molar-refractivity contribution in [3.05, 3.63) is 64.7 Å². The molecule has 172 valence electrons. The number of hydrogen-bond donors (Lipinski definition) is 1. The number of nitrogens with one attached hydrogen (secondary N) is 1. The molecule has 1 atom stereocenters. The second kappa shape index (κ2) is 11.9. The third-order valence-electron chi connectivity index (χ3n) is 6.12. The molecule has 1 aliphatic rings. The van der Waals surface area contributed by atoms with E-state index in [1.54, 1.807) is 29.2 Å². The molecule has 0 aliphatic heterocycles. The summed E-state index contributed by atoms with van der Waals surface area (Å²) in [5, 5.41) is 3.80. The van der Waals surface area contributed by atoms with Crippen molar-refractivity contribution in [1.29, 1.82) is 0 Å². The highest BCUT2D eigenvalue weighted by Crippen LogP contribution is 2.20. The first-order valence-corrected chi connectivity index (χ1v) is 11.9. The van der Waals surface area contributed by atoms with Crippen LogP contribution in [0.25, 0.3) is 0 Å². The molecule has 1 aliphatic carbocycles. The van der Waals surface area contributed by atoms with Gasteiger partial charge in [0.1, 0.15) is 11.8 Å². The molecule has 6 heteroatoms. The molecule has 0 radical (unpaired) electrons. The third kappa shape index (κ3) is 6.73. The first-order chi connectivity index (χ1) is 15.5. The van der Waals surface area contributed by atoms with Crippen LogP contribution in [0.4, 0.5) is 0 Å². The quantitative estimate of drug-likeness (QED) is 0.558. The molecular formula is C26H33ClN2O3. The summed E-state index contributed by atoms with van der Waals surface area (Å²) in [4.78, 5) is 28.2. The van der Waals surface area contributed by atoms with Gasteiger partial charge in [-0.3, -0.25) is 9.59 Å². The molecular weight excluding hydrogens is 424 g/mol. The van der Waals surface area contributed by atoms with Crippen LogP contribution in [-0.4, -0.2) is 35.4 Å². The molecule has 2 aromatic carbocycles. The normalized spacial score (nSPS) is 15.1. The number of rotatable bonds is 9. The van der Waals surface area contributed by atoms with Gasteiger partial charge in [-0.1, -0.05) is 62.1 Å². The highest BCUT2D eigenvalue weighted by atomic mass is 35.5. The van der Waals surface area contributed by atoms with Crippen LogP contribution in [0.2, 0.25) is 5.02 Å². The predicted molar refractivity (Wildman–Crippen MR) is 128 cm³/mol. The van der Waals surface area contributed by atoms with E-state index in [4.69, 9.17) is 16.3 Å². The van der Waals surface area contributed by atoms with E-state index in [1.165, 1.54) is 6.42 Å². The van der Waals surface area contributed by atoms with E-state index in [9.17, 15) is 9.59 Å². The van der Waals surface area contributed by atoms with Gasteiger partial charge in [0, 0.05) is 17.6 Å². The summed E-state index contributed by atoms with van der Waals surface area (Å²) in [6.07, 6.45) is 6.06. The third-order valence-corrected chi connectivity index (χ3v) is 6.37. The summed E-state index contributed by atoms with van der Waals surface area (Å²) in [6.45, 7) is 4.20. The lowest BCUT2D eigenvalue weighted by Crippen LogP contribution is -2.52. The van der Waals surface area contributed by atoms with Crippen molar-refractivity contribution in [3.8, 4) is 5.75 Å². The zero-order chi connectivity index (χ0) is 22.9. The number of aryl methyl sites for hydroxylation is 1. The number of nitrogens with zero attached hydrogens (tertiary/aromatic N) is 1. The van der Waals surface area contributed by atoms with Crippen molar-refractivity contribution >= 4 is 23.4 Å². The number of carbonyl (C=O) groups excluding carboxylic acids is 2. The van der Waals surface area contributed by atoms with E-state index in [0.29, 0.717) is 23.7 Å². The van der Waals surface area contributed by atoms with Gasteiger partial charge in [0.2, 0.25) is 5.91 Å². The summed E-state index contributed by atoms with van der Waals surface area (Å²) in [6, 6.07) is 14.5. The van der Waals surface area contributed by atoms with E-state index < -0.39 is 6.04 Å². The minimum atomic E-state index is -0.544. The fourth-order valence-corrected chi connectivity index (χ4v) is 4.32. The highest BCUT2D eigenvalue weighted by molar-refractivity contribution is 6.30. The number of amides is 2. The molecule has 0 aromatic heterocycles. The van der Waals surface area contributed by atoms with Gasteiger partial charge in [0.05, 0.1) is 0 Å². The Morgan fingerprint density at radius 3 is 2.44 bits per heavy atom. The Hall–Kier alpha value is -2.53. The van der Waals surface area contributed by atoms with Crippen LogP contribution in [0.1, 0.15) is 56.6 Å². The van der Waals surface area contributed by atoms with Crippen molar-refractivity contribution in [1.82, 2.24) is 10.2 Å². The minimum absolute atomic E-state index is 0.0761. The molecule has 1 N–H and O–H groups in total. The Labute approximate surface area is 196 Å². The predicted octanol–water partition coefficient (Wildman–Crippen LogP) is 5.28. The Kier molecular flexibility index (Phi) is 8.98. The first-order valence-electron chi connectivity index (χ1n) is 11.5. The van der Waals surface area contributed by atoms with Crippen molar-refractivity contribution in [2.75, 3.05) is 6.61 Å². The minimum Gasteiger partial charge on any atom is -0.484 e.